The van der Waals surface area contributed by atoms with E-state index in [2.05, 4.69) is 16.2 Å². The number of methoxy groups -OCH3 is 2. The van der Waals surface area contributed by atoms with Crippen LogP contribution in [0.3, 0.4) is 0 Å². The van der Waals surface area contributed by atoms with Gasteiger partial charge in [0, 0.05) is 11.5 Å². The van der Waals surface area contributed by atoms with E-state index in [4.69, 9.17) is 9.47 Å². The zero-order valence-corrected chi connectivity index (χ0v) is 13.6. The SMILES string of the molecule is COc1ccc(OC)c(-c2nc3sc(C4CC4)nn3c2C#N)c1. The Morgan fingerprint density at radius 3 is 2.78 bits per heavy atom. The van der Waals surface area contributed by atoms with Gasteiger partial charge in [-0.3, -0.25) is 0 Å². The van der Waals surface area contributed by atoms with E-state index >= 15 is 0 Å². The highest BCUT2D eigenvalue weighted by molar-refractivity contribution is 7.16. The molecular formula is C16H14N4O2S. The molecular weight excluding hydrogens is 312 g/mol. The van der Waals surface area contributed by atoms with Gasteiger partial charge in [-0.05, 0) is 31.0 Å². The van der Waals surface area contributed by atoms with E-state index in [-0.39, 0.29) is 0 Å². The lowest BCUT2D eigenvalue weighted by molar-refractivity contribution is 0.404. The van der Waals surface area contributed by atoms with Gasteiger partial charge in [0.05, 0.1) is 14.2 Å². The number of hydrogen-bond acceptors (Lipinski definition) is 6. The number of imidazole rings is 1. The van der Waals surface area contributed by atoms with E-state index in [1.54, 1.807) is 30.1 Å². The first-order valence-corrected chi connectivity index (χ1v) is 8.08. The number of fused-ring (bicyclic) bond motifs is 1. The summed E-state index contributed by atoms with van der Waals surface area (Å²) in [6.07, 6.45) is 2.35. The monoisotopic (exact) mass is 326 g/mol. The molecule has 1 saturated carbocycles. The first kappa shape index (κ1) is 14.0. The van der Waals surface area contributed by atoms with E-state index in [1.807, 2.05) is 18.2 Å². The molecule has 1 aliphatic carbocycles. The molecule has 0 N–H and O–H groups in total. The molecule has 23 heavy (non-hydrogen) atoms. The topological polar surface area (TPSA) is 72.4 Å². The lowest BCUT2D eigenvalue weighted by Gasteiger charge is -2.08. The molecule has 0 radical (unpaired) electrons. The average Bonchev–Trinajstić information content (AvgIpc) is 3.26. The van der Waals surface area contributed by atoms with Gasteiger partial charge in [-0.25, -0.2) is 4.98 Å². The average molecular weight is 326 g/mol. The Labute approximate surface area is 136 Å². The van der Waals surface area contributed by atoms with Gasteiger partial charge in [0.25, 0.3) is 0 Å². The van der Waals surface area contributed by atoms with Crippen LogP contribution in [0.15, 0.2) is 18.2 Å². The Balaban J connectivity index is 1.91. The predicted molar refractivity (Wildman–Crippen MR) is 86.1 cm³/mol. The molecule has 0 spiro atoms. The van der Waals surface area contributed by atoms with Crippen LogP contribution in [-0.2, 0) is 0 Å². The van der Waals surface area contributed by atoms with Crippen LogP contribution in [0, 0.1) is 11.3 Å². The van der Waals surface area contributed by atoms with Crippen molar-refractivity contribution in [1.82, 2.24) is 14.6 Å². The molecule has 0 saturated heterocycles. The maximum Gasteiger partial charge on any atom is 0.214 e. The highest BCUT2D eigenvalue weighted by Gasteiger charge is 2.29. The first-order chi connectivity index (χ1) is 11.2. The molecule has 2 aromatic heterocycles. The lowest BCUT2D eigenvalue weighted by Crippen LogP contribution is -1.94. The van der Waals surface area contributed by atoms with Gasteiger partial charge in [0.15, 0.2) is 5.69 Å². The Hall–Kier alpha value is -2.59. The number of nitrogens with zero attached hydrogens (tertiary/aromatic N) is 4. The van der Waals surface area contributed by atoms with Crippen LogP contribution < -0.4 is 9.47 Å². The van der Waals surface area contributed by atoms with Crippen molar-refractivity contribution in [1.29, 1.82) is 5.26 Å². The Morgan fingerprint density at radius 2 is 2.13 bits per heavy atom. The summed E-state index contributed by atoms with van der Waals surface area (Å²) < 4.78 is 12.3. The maximum absolute atomic E-state index is 9.60. The molecule has 1 aliphatic rings. The Morgan fingerprint density at radius 1 is 1.30 bits per heavy atom. The smallest absolute Gasteiger partial charge is 0.214 e. The minimum Gasteiger partial charge on any atom is -0.497 e. The fourth-order valence-electron chi connectivity index (χ4n) is 2.55. The zero-order valence-electron chi connectivity index (χ0n) is 12.7. The van der Waals surface area contributed by atoms with Crippen LogP contribution in [0.4, 0.5) is 0 Å². The van der Waals surface area contributed by atoms with Crippen LogP contribution in [0.2, 0.25) is 0 Å². The standard InChI is InChI=1S/C16H14N4O2S/c1-21-10-5-6-13(22-2)11(7-10)14-12(8-17)20-16(18-14)23-15(19-20)9-3-4-9/h5-7,9H,3-4H2,1-2H3. The van der Waals surface area contributed by atoms with Gasteiger partial charge in [-0.1, -0.05) is 11.3 Å². The summed E-state index contributed by atoms with van der Waals surface area (Å²) in [5.74, 6) is 1.88. The normalized spacial score (nSPS) is 14.0. The number of ether oxygens (including phenoxy) is 2. The lowest BCUT2D eigenvalue weighted by atomic mass is 10.1. The van der Waals surface area contributed by atoms with Crippen molar-refractivity contribution in [3.8, 4) is 28.8 Å². The summed E-state index contributed by atoms with van der Waals surface area (Å²) in [7, 11) is 3.20. The number of rotatable bonds is 4. The van der Waals surface area contributed by atoms with Gasteiger partial charge < -0.3 is 9.47 Å². The van der Waals surface area contributed by atoms with Gasteiger partial charge >= 0.3 is 0 Å². The molecule has 0 amide bonds. The number of benzene rings is 1. The van der Waals surface area contributed by atoms with Crippen molar-refractivity contribution < 1.29 is 9.47 Å². The molecule has 7 heteroatoms. The minimum atomic E-state index is 0.426. The van der Waals surface area contributed by atoms with Gasteiger partial charge in [0.2, 0.25) is 4.96 Å². The number of nitriles is 1. The molecule has 0 unspecified atom stereocenters. The maximum atomic E-state index is 9.60. The van der Waals surface area contributed by atoms with Crippen LogP contribution in [0.25, 0.3) is 16.2 Å². The van der Waals surface area contributed by atoms with Gasteiger partial charge in [0.1, 0.15) is 28.3 Å². The summed E-state index contributed by atoms with van der Waals surface area (Å²) >= 11 is 1.55. The summed E-state index contributed by atoms with van der Waals surface area (Å²) in [5.41, 5.74) is 1.73. The Kier molecular flexibility index (Phi) is 3.20. The molecule has 1 aromatic carbocycles. The van der Waals surface area contributed by atoms with Crippen LogP contribution in [0.1, 0.15) is 29.5 Å². The third-order valence-electron chi connectivity index (χ3n) is 3.91. The second-order valence-electron chi connectivity index (χ2n) is 5.40. The molecule has 2 heterocycles. The highest BCUT2D eigenvalue weighted by atomic mass is 32.1. The molecule has 116 valence electrons. The van der Waals surface area contributed by atoms with Gasteiger partial charge in [-0.2, -0.15) is 14.9 Å². The number of aromatic nitrogens is 3. The molecule has 4 rings (SSSR count). The fraction of sp³-hybridized carbons (Fsp3) is 0.312. The molecule has 0 atom stereocenters. The summed E-state index contributed by atoms with van der Waals surface area (Å²) in [6, 6.07) is 7.68. The van der Waals surface area contributed by atoms with Crippen LogP contribution in [0.5, 0.6) is 11.5 Å². The molecule has 6 nitrogen and oxygen atoms in total. The van der Waals surface area contributed by atoms with Crippen molar-refractivity contribution in [3.05, 3.63) is 28.9 Å². The van der Waals surface area contributed by atoms with E-state index in [0.29, 0.717) is 28.8 Å². The van der Waals surface area contributed by atoms with E-state index < -0.39 is 0 Å². The fourth-order valence-corrected chi connectivity index (χ4v) is 3.61. The predicted octanol–water partition coefficient (Wildman–Crippen LogP) is 3.22. The highest BCUT2D eigenvalue weighted by Crippen LogP contribution is 2.43. The van der Waals surface area contributed by atoms with Crippen molar-refractivity contribution >= 4 is 16.3 Å². The van der Waals surface area contributed by atoms with E-state index in [0.717, 1.165) is 15.5 Å². The molecule has 0 aliphatic heterocycles. The molecule has 3 aromatic rings. The van der Waals surface area contributed by atoms with Crippen LogP contribution in [-0.4, -0.2) is 28.8 Å². The third kappa shape index (κ3) is 2.23. The second kappa shape index (κ2) is 5.25. The largest absolute Gasteiger partial charge is 0.497 e. The van der Waals surface area contributed by atoms with Crippen molar-refractivity contribution in [2.75, 3.05) is 14.2 Å². The van der Waals surface area contributed by atoms with Crippen LogP contribution >= 0.6 is 11.3 Å². The Bertz CT molecular complexity index is 934. The molecule has 0 bridgehead atoms. The summed E-state index contributed by atoms with van der Waals surface area (Å²) in [4.78, 5) is 5.37. The minimum absolute atomic E-state index is 0.426. The van der Waals surface area contributed by atoms with Crippen molar-refractivity contribution in [2.45, 2.75) is 18.8 Å². The second-order valence-corrected chi connectivity index (χ2v) is 6.38. The third-order valence-corrected chi connectivity index (χ3v) is 4.98. The first-order valence-electron chi connectivity index (χ1n) is 7.27. The van der Waals surface area contributed by atoms with E-state index in [1.165, 1.54) is 12.8 Å². The van der Waals surface area contributed by atoms with Crippen molar-refractivity contribution in [3.63, 3.8) is 0 Å². The summed E-state index contributed by atoms with van der Waals surface area (Å²) in [5, 5.41) is 15.2. The van der Waals surface area contributed by atoms with Gasteiger partial charge in [-0.15, -0.1) is 0 Å². The quantitative estimate of drug-likeness (QED) is 0.736. The van der Waals surface area contributed by atoms with E-state index in [9.17, 15) is 5.26 Å². The van der Waals surface area contributed by atoms with Crippen molar-refractivity contribution in [2.24, 2.45) is 0 Å². The molecule has 1 fully saturated rings. The summed E-state index contributed by atoms with van der Waals surface area (Å²) in [6.45, 7) is 0. The zero-order chi connectivity index (χ0) is 16.0. The number of hydrogen-bond donors (Lipinski definition) is 0.